The van der Waals surface area contributed by atoms with Gasteiger partial charge in [-0.3, -0.25) is 4.90 Å². The molecule has 17 heavy (non-hydrogen) atoms. The molecule has 0 unspecified atom stereocenters. The van der Waals surface area contributed by atoms with Crippen LogP contribution >= 0.6 is 15.9 Å². The highest BCUT2D eigenvalue weighted by Crippen LogP contribution is 2.22. The van der Waals surface area contributed by atoms with Crippen molar-refractivity contribution in [2.45, 2.75) is 38.1 Å². The molecule has 0 heterocycles. The molecule has 0 aromatic rings. The predicted octanol–water partition coefficient (Wildman–Crippen LogP) is 2.68. The van der Waals surface area contributed by atoms with Gasteiger partial charge in [-0.1, -0.05) is 35.2 Å². The number of hydrogen-bond donors (Lipinski definition) is 0. The summed E-state index contributed by atoms with van der Waals surface area (Å²) in [5, 5.41) is 1.06. The van der Waals surface area contributed by atoms with Crippen molar-refractivity contribution < 1.29 is 9.47 Å². The molecule has 0 aromatic heterocycles. The van der Waals surface area contributed by atoms with E-state index in [1.165, 1.54) is 32.1 Å². The SMILES string of the molecule is COCCOCCN(CCBr)C1CCCCC1. The summed E-state index contributed by atoms with van der Waals surface area (Å²) in [5.74, 6) is 0. The monoisotopic (exact) mass is 307 g/mol. The van der Waals surface area contributed by atoms with Crippen LogP contribution in [-0.2, 0) is 9.47 Å². The summed E-state index contributed by atoms with van der Waals surface area (Å²) in [5.41, 5.74) is 0. The lowest BCUT2D eigenvalue weighted by atomic mass is 9.94. The van der Waals surface area contributed by atoms with E-state index < -0.39 is 0 Å². The molecule has 0 radical (unpaired) electrons. The van der Waals surface area contributed by atoms with Crippen molar-refractivity contribution in [3.05, 3.63) is 0 Å². The van der Waals surface area contributed by atoms with Crippen LogP contribution in [0.4, 0.5) is 0 Å². The Bertz CT molecular complexity index is 175. The summed E-state index contributed by atoms with van der Waals surface area (Å²) >= 11 is 3.55. The fourth-order valence-corrected chi connectivity index (χ4v) is 2.91. The molecular weight excluding hydrogens is 282 g/mol. The first-order chi connectivity index (χ1) is 8.38. The smallest absolute Gasteiger partial charge is 0.0700 e. The molecule has 1 aliphatic carbocycles. The van der Waals surface area contributed by atoms with Crippen LogP contribution in [0.3, 0.4) is 0 Å². The number of ether oxygens (including phenoxy) is 2. The standard InChI is InChI=1S/C13H26BrNO2/c1-16-11-12-17-10-9-15(8-7-14)13-5-3-2-4-6-13/h13H,2-12H2,1H3. The lowest BCUT2D eigenvalue weighted by Gasteiger charge is -2.33. The van der Waals surface area contributed by atoms with Crippen LogP contribution in [0.5, 0.6) is 0 Å². The van der Waals surface area contributed by atoms with Crippen molar-refractivity contribution in [2.24, 2.45) is 0 Å². The maximum absolute atomic E-state index is 5.56. The third-order valence-corrected chi connectivity index (χ3v) is 3.77. The van der Waals surface area contributed by atoms with Gasteiger partial charge in [0.2, 0.25) is 0 Å². The van der Waals surface area contributed by atoms with Gasteiger partial charge in [-0.05, 0) is 12.8 Å². The van der Waals surface area contributed by atoms with E-state index in [1.807, 2.05) is 0 Å². The molecular formula is C13H26BrNO2. The zero-order chi connectivity index (χ0) is 12.3. The molecule has 3 nitrogen and oxygen atoms in total. The molecule has 1 aliphatic rings. The van der Waals surface area contributed by atoms with E-state index in [9.17, 15) is 0 Å². The number of methoxy groups -OCH3 is 1. The minimum Gasteiger partial charge on any atom is -0.382 e. The third kappa shape index (κ3) is 6.75. The summed E-state index contributed by atoms with van der Waals surface area (Å²) < 4.78 is 10.5. The van der Waals surface area contributed by atoms with Crippen LogP contribution in [0.1, 0.15) is 32.1 Å². The Morgan fingerprint density at radius 1 is 1.06 bits per heavy atom. The van der Waals surface area contributed by atoms with Gasteiger partial charge in [-0.2, -0.15) is 0 Å². The van der Waals surface area contributed by atoms with Gasteiger partial charge in [0.15, 0.2) is 0 Å². The molecule has 0 N–H and O–H groups in total. The van der Waals surface area contributed by atoms with Crippen molar-refractivity contribution in [1.82, 2.24) is 4.90 Å². The zero-order valence-electron chi connectivity index (χ0n) is 11.0. The molecule has 0 bridgehead atoms. The predicted molar refractivity (Wildman–Crippen MR) is 74.9 cm³/mol. The van der Waals surface area contributed by atoms with Crippen LogP contribution in [-0.4, -0.2) is 56.3 Å². The summed E-state index contributed by atoms with van der Waals surface area (Å²) in [4.78, 5) is 2.58. The zero-order valence-corrected chi connectivity index (χ0v) is 12.6. The summed E-state index contributed by atoms with van der Waals surface area (Å²) in [6, 6.07) is 0.785. The molecule has 4 heteroatoms. The average molecular weight is 308 g/mol. The lowest BCUT2D eigenvalue weighted by molar-refractivity contribution is 0.0467. The average Bonchev–Trinajstić information content (AvgIpc) is 2.38. The quantitative estimate of drug-likeness (QED) is 0.483. The minimum atomic E-state index is 0.696. The molecule has 1 rings (SSSR count). The Labute approximate surface area is 114 Å². The lowest BCUT2D eigenvalue weighted by Crippen LogP contribution is -2.40. The number of halogens is 1. The Hall–Kier alpha value is 0.360. The van der Waals surface area contributed by atoms with Gasteiger partial charge in [0.05, 0.1) is 19.8 Å². The van der Waals surface area contributed by atoms with E-state index in [2.05, 4.69) is 20.8 Å². The first-order valence-corrected chi connectivity index (χ1v) is 7.87. The molecule has 102 valence electrons. The fraction of sp³-hybridized carbons (Fsp3) is 1.00. The normalized spacial score (nSPS) is 17.8. The van der Waals surface area contributed by atoms with E-state index in [0.717, 1.165) is 31.1 Å². The third-order valence-electron chi connectivity index (χ3n) is 3.42. The Kier molecular flexibility index (Phi) is 9.34. The minimum absolute atomic E-state index is 0.696. The molecule has 1 fully saturated rings. The van der Waals surface area contributed by atoms with Gasteiger partial charge in [-0.15, -0.1) is 0 Å². The van der Waals surface area contributed by atoms with Crippen LogP contribution in [0.25, 0.3) is 0 Å². The van der Waals surface area contributed by atoms with Crippen molar-refractivity contribution in [1.29, 1.82) is 0 Å². The van der Waals surface area contributed by atoms with E-state index in [1.54, 1.807) is 7.11 Å². The number of hydrogen-bond acceptors (Lipinski definition) is 3. The summed E-state index contributed by atoms with van der Waals surface area (Å²) in [7, 11) is 1.71. The second kappa shape index (κ2) is 10.3. The fourth-order valence-electron chi connectivity index (χ4n) is 2.46. The van der Waals surface area contributed by atoms with Gasteiger partial charge < -0.3 is 9.47 Å². The summed E-state index contributed by atoms with van der Waals surface area (Å²) in [6.45, 7) is 4.43. The van der Waals surface area contributed by atoms with Crippen LogP contribution in [0.2, 0.25) is 0 Å². The molecule has 0 amide bonds. The van der Waals surface area contributed by atoms with E-state index in [-0.39, 0.29) is 0 Å². The van der Waals surface area contributed by atoms with Crippen molar-refractivity contribution >= 4 is 15.9 Å². The van der Waals surface area contributed by atoms with E-state index in [4.69, 9.17) is 9.47 Å². The van der Waals surface area contributed by atoms with Crippen LogP contribution in [0, 0.1) is 0 Å². The van der Waals surface area contributed by atoms with E-state index in [0.29, 0.717) is 13.2 Å². The van der Waals surface area contributed by atoms with Gasteiger partial charge in [-0.25, -0.2) is 0 Å². The number of alkyl halides is 1. The maximum atomic E-state index is 5.56. The van der Waals surface area contributed by atoms with Crippen molar-refractivity contribution in [2.75, 3.05) is 45.4 Å². The second-order valence-corrected chi connectivity index (χ2v) is 5.41. The highest BCUT2D eigenvalue weighted by molar-refractivity contribution is 9.09. The number of rotatable bonds is 9. The van der Waals surface area contributed by atoms with Gasteiger partial charge >= 0.3 is 0 Å². The van der Waals surface area contributed by atoms with Crippen LogP contribution < -0.4 is 0 Å². The first kappa shape index (κ1) is 15.4. The second-order valence-electron chi connectivity index (χ2n) is 4.62. The highest BCUT2D eigenvalue weighted by atomic mass is 79.9. The highest BCUT2D eigenvalue weighted by Gasteiger charge is 2.19. The number of nitrogens with zero attached hydrogens (tertiary/aromatic N) is 1. The van der Waals surface area contributed by atoms with Crippen molar-refractivity contribution in [3.8, 4) is 0 Å². The molecule has 0 atom stereocenters. The van der Waals surface area contributed by atoms with E-state index >= 15 is 0 Å². The van der Waals surface area contributed by atoms with Crippen molar-refractivity contribution in [3.63, 3.8) is 0 Å². The largest absolute Gasteiger partial charge is 0.382 e. The molecule has 0 saturated heterocycles. The van der Waals surface area contributed by atoms with Gasteiger partial charge in [0.25, 0.3) is 0 Å². The topological polar surface area (TPSA) is 21.7 Å². The van der Waals surface area contributed by atoms with Gasteiger partial charge in [0, 0.05) is 31.6 Å². The Balaban J connectivity index is 2.17. The molecule has 1 saturated carbocycles. The summed E-state index contributed by atoms with van der Waals surface area (Å²) in [6.07, 6.45) is 6.95. The van der Waals surface area contributed by atoms with Gasteiger partial charge in [0.1, 0.15) is 0 Å². The Morgan fingerprint density at radius 2 is 1.82 bits per heavy atom. The Morgan fingerprint density at radius 3 is 2.47 bits per heavy atom. The molecule has 0 aromatic carbocycles. The van der Waals surface area contributed by atoms with Crippen LogP contribution in [0.15, 0.2) is 0 Å². The molecule has 0 aliphatic heterocycles. The maximum Gasteiger partial charge on any atom is 0.0700 e. The molecule has 0 spiro atoms. The first-order valence-electron chi connectivity index (χ1n) is 6.75.